The SMILES string of the molecule is CC(C)(CNC(C)(C)C)Cc1ccc(F)c(Cl)c1. The Labute approximate surface area is 115 Å². The molecular weight excluding hydrogens is 249 g/mol. The van der Waals surface area contributed by atoms with Gasteiger partial charge in [-0.05, 0) is 50.3 Å². The van der Waals surface area contributed by atoms with E-state index >= 15 is 0 Å². The Morgan fingerprint density at radius 1 is 1.17 bits per heavy atom. The predicted molar refractivity (Wildman–Crippen MR) is 76.7 cm³/mol. The number of hydrogen-bond donors (Lipinski definition) is 1. The van der Waals surface area contributed by atoms with E-state index in [1.807, 2.05) is 0 Å². The normalized spacial score (nSPS) is 12.8. The molecule has 18 heavy (non-hydrogen) atoms. The first kappa shape index (κ1) is 15.5. The third-order valence-corrected chi connectivity index (χ3v) is 3.05. The average Bonchev–Trinajstić information content (AvgIpc) is 2.20. The first-order chi connectivity index (χ1) is 8.09. The Morgan fingerprint density at radius 3 is 2.28 bits per heavy atom. The molecule has 0 saturated heterocycles. The maximum atomic E-state index is 13.1. The minimum Gasteiger partial charge on any atom is -0.312 e. The van der Waals surface area contributed by atoms with E-state index < -0.39 is 0 Å². The van der Waals surface area contributed by atoms with Crippen molar-refractivity contribution in [2.45, 2.75) is 46.6 Å². The van der Waals surface area contributed by atoms with Gasteiger partial charge in [-0.1, -0.05) is 31.5 Å². The zero-order valence-electron chi connectivity index (χ0n) is 11.9. The van der Waals surface area contributed by atoms with Crippen LogP contribution < -0.4 is 5.32 Å². The Hall–Kier alpha value is -0.600. The van der Waals surface area contributed by atoms with Crippen LogP contribution in [-0.4, -0.2) is 12.1 Å². The molecule has 0 fully saturated rings. The summed E-state index contributed by atoms with van der Waals surface area (Å²) in [4.78, 5) is 0. The van der Waals surface area contributed by atoms with Gasteiger partial charge >= 0.3 is 0 Å². The molecule has 0 heterocycles. The Morgan fingerprint density at radius 2 is 1.78 bits per heavy atom. The lowest BCUT2D eigenvalue weighted by atomic mass is 9.85. The van der Waals surface area contributed by atoms with Crippen LogP contribution >= 0.6 is 11.6 Å². The van der Waals surface area contributed by atoms with Crippen LogP contribution in [0.4, 0.5) is 4.39 Å². The van der Waals surface area contributed by atoms with Crippen molar-refractivity contribution in [2.24, 2.45) is 5.41 Å². The molecule has 102 valence electrons. The molecule has 1 aromatic rings. The molecule has 0 aromatic heterocycles. The molecule has 1 nitrogen and oxygen atoms in total. The van der Waals surface area contributed by atoms with Gasteiger partial charge in [0.15, 0.2) is 0 Å². The second kappa shape index (κ2) is 5.58. The summed E-state index contributed by atoms with van der Waals surface area (Å²) in [5.41, 5.74) is 1.29. The van der Waals surface area contributed by atoms with Gasteiger partial charge in [-0.25, -0.2) is 4.39 Å². The molecule has 1 aromatic carbocycles. The topological polar surface area (TPSA) is 12.0 Å². The second-order valence-corrected chi connectivity index (χ2v) is 7.10. The Balaban J connectivity index is 2.67. The highest BCUT2D eigenvalue weighted by Crippen LogP contribution is 2.24. The van der Waals surface area contributed by atoms with Crippen LogP contribution in [0.5, 0.6) is 0 Å². The first-order valence-corrected chi connectivity index (χ1v) is 6.66. The molecule has 0 spiro atoms. The summed E-state index contributed by atoms with van der Waals surface area (Å²) in [6.07, 6.45) is 0.871. The van der Waals surface area contributed by atoms with Crippen molar-refractivity contribution in [2.75, 3.05) is 6.54 Å². The molecule has 0 radical (unpaired) electrons. The second-order valence-electron chi connectivity index (χ2n) is 6.69. The summed E-state index contributed by atoms with van der Waals surface area (Å²) in [6.45, 7) is 11.8. The fraction of sp³-hybridized carbons (Fsp3) is 0.600. The number of benzene rings is 1. The van der Waals surface area contributed by atoms with Crippen LogP contribution in [0, 0.1) is 11.2 Å². The molecule has 1 rings (SSSR count). The van der Waals surface area contributed by atoms with E-state index in [9.17, 15) is 4.39 Å². The van der Waals surface area contributed by atoms with Gasteiger partial charge in [0, 0.05) is 12.1 Å². The summed E-state index contributed by atoms with van der Waals surface area (Å²) < 4.78 is 13.1. The van der Waals surface area contributed by atoms with Crippen molar-refractivity contribution < 1.29 is 4.39 Å². The molecule has 0 atom stereocenters. The van der Waals surface area contributed by atoms with Gasteiger partial charge in [-0.3, -0.25) is 0 Å². The molecule has 0 saturated carbocycles. The van der Waals surface area contributed by atoms with Gasteiger partial charge in [0.25, 0.3) is 0 Å². The minimum absolute atomic E-state index is 0.106. The van der Waals surface area contributed by atoms with Crippen LogP contribution in [0.25, 0.3) is 0 Å². The number of halogens is 2. The molecule has 1 N–H and O–H groups in total. The van der Waals surface area contributed by atoms with Crippen molar-refractivity contribution in [1.82, 2.24) is 5.32 Å². The molecular formula is C15H23ClFN. The summed E-state index contributed by atoms with van der Waals surface area (Å²) in [6, 6.07) is 4.96. The highest BCUT2D eigenvalue weighted by atomic mass is 35.5. The first-order valence-electron chi connectivity index (χ1n) is 6.28. The maximum absolute atomic E-state index is 13.1. The number of hydrogen-bond acceptors (Lipinski definition) is 1. The number of nitrogens with one attached hydrogen (secondary N) is 1. The zero-order chi connectivity index (χ0) is 14.0. The van der Waals surface area contributed by atoms with Crippen LogP contribution in [0.1, 0.15) is 40.2 Å². The number of rotatable bonds is 4. The highest BCUT2D eigenvalue weighted by Gasteiger charge is 2.21. The summed E-state index contributed by atoms with van der Waals surface area (Å²) in [5, 5.41) is 3.70. The smallest absolute Gasteiger partial charge is 0.141 e. The standard InChI is InChI=1S/C15H23ClFN/c1-14(2,3)18-10-15(4,5)9-11-6-7-13(17)12(16)8-11/h6-8,18H,9-10H2,1-5H3. The molecule has 3 heteroatoms. The Kier molecular flexibility index (Phi) is 4.79. The van der Waals surface area contributed by atoms with Crippen molar-refractivity contribution in [3.63, 3.8) is 0 Å². The van der Waals surface area contributed by atoms with Crippen molar-refractivity contribution >= 4 is 11.6 Å². The summed E-state index contributed by atoms with van der Waals surface area (Å²) >= 11 is 5.80. The van der Waals surface area contributed by atoms with Crippen molar-refractivity contribution in [3.05, 3.63) is 34.6 Å². The van der Waals surface area contributed by atoms with E-state index in [0.717, 1.165) is 18.5 Å². The third-order valence-electron chi connectivity index (χ3n) is 2.76. The minimum atomic E-state index is -0.356. The highest BCUT2D eigenvalue weighted by molar-refractivity contribution is 6.30. The van der Waals surface area contributed by atoms with E-state index in [2.05, 4.69) is 39.9 Å². The summed E-state index contributed by atoms with van der Waals surface area (Å²) in [5.74, 6) is -0.356. The molecule has 0 bridgehead atoms. The van der Waals surface area contributed by atoms with E-state index in [-0.39, 0.29) is 21.8 Å². The van der Waals surface area contributed by atoms with E-state index in [4.69, 9.17) is 11.6 Å². The molecule has 0 amide bonds. The van der Waals surface area contributed by atoms with Crippen LogP contribution in [0.15, 0.2) is 18.2 Å². The third kappa shape index (κ3) is 5.36. The van der Waals surface area contributed by atoms with Gasteiger partial charge in [-0.15, -0.1) is 0 Å². The maximum Gasteiger partial charge on any atom is 0.141 e. The van der Waals surface area contributed by atoms with E-state index in [1.165, 1.54) is 6.07 Å². The average molecular weight is 272 g/mol. The molecule has 0 aliphatic heterocycles. The lowest BCUT2D eigenvalue weighted by Gasteiger charge is -2.30. The predicted octanol–water partition coefficient (Wildman–Crippen LogP) is 4.44. The van der Waals surface area contributed by atoms with Gasteiger partial charge in [-0.2, -0.15) is 0 Å². The van der Waals surface area contributed by atoms with Gasteiger partial charge < -0.3 is 5.32 Å². The van der Waals surface area contributed by atoms with Crippen LogP contribution in [0.2, 0.25) is 5.02 Å². The lowest BCUT2D eigenvalue weighted by Crippen LogP contribution is -2.42. The van der Waals surface area contributed by atoms with Gasteiger partial charge in [0.05, 0.1) is 5.02 Å². The van der Waals surface area contributed by atoms with Crippen LogP contribution in [0.3, 0.4) is 0 Å². The van der Waals surface area contributed by atoms with Crippen LogP contribution in [-0.2, 0) is 6.42 Å². The zero-order valence-corrected chi connectivity index (χ0v) is 12.7. The van der Waals surface area contributed by atoms with Crippen molar-refractivity contribution in [1.29, 1.82) is 0 Å². The summed E-state index contributed by atoms with van der Waals surface area (Å²) in [7, 11) is 0. The van der Waals surface area contributed by atoms with E-state index in [0.29, 0.717) is 0 Å². The molecule has 0 aliphatic rings. The molecule has 0 unspecified atom stereocenters. The quantitative estimate of drug-likeness (QED) is 0.854. The van der Waals surface area contributed by atoms with E-state index in [1.54, 1.807) is 12.1 Å². The van der Waals surface area contributed by atoms with Gasteiger partial charge in [0.1, 0.15) is 5.82 Å². The lowest BCUT2D eigenvalue weighted by molar-refractivity contribution is 0.289. The fourth-order valence-electron chi connectivity index (χ4n) is 1.77. The Bertz CT molecular complexity index is 407. The fourth-order valence-corrected chi connectivity index (χ4v) is 1.97. The largest absolute Gasteiger partial charge is 0.312 e. The van der Waals surface area contributed by atoms with Gasteiger partial charge in [0.2, 0.25) is 0 Å². The molecule has 0 aliphatic carbocycles. The monoisotopic (exact) mass is 271 g/mol. The van der Waals surface area contributed by atoms with Crippen molar-refractivity contribution in [3.8, 4) is 0 Å².